The zero-order chi connectivity index (χ0) is 43.9. The molecule has 0 radical (unpaired) electrons. The van der Waals surface area contributed by atoms with Crippen molar-refractivity contribution in [1.29, 1.82) is 0 Å². The van der Waals surface area contributed by atoms with Crippen LogP contribution in [0.2, 0.25) is 0 Å². The molecule has 2 aliphatic rings. The highest BCUT2D eigenvalue weighted by Gasteiger charge is 2.27. The van der Waals surface area contributed by atoms with E-state index in [1.54, 1.807) is 30.7 Å². The first-order chi connectivity index (χ1) is 30.6. The summed E-state index contributed by atoms with van der Waals surface area (Å²) in [5, 5.41) is 11.6. The van der Waals surface area contributed by atoms with E-state index in [1.165, 1.54) is 29.8 Å². The number of carboxylic acids is 1. The Labute approximate surface area is 374 Å². The number of allylic oxidation sites excluding steroid dienone is 2. The number of aliphatic carboxylic acids is 1. The number of aryl methyl sites for hydroxylation is 1. The minimum Gasteiger partial charge on any atom is -0.485 e. The fourth-order valence-corrected chi connectivity index (χ4v) is 9.11. The molecule has 6 heterocycles. The molecule has 63 heavy (non-hydrogen) atoms. The van der Waals surface area contributed by atoms with Crippen molar-refractivity contribution in [1.82, 2.24) is 39.6 Å². The average molecular weight is 885 g/mol. The number of halogens is 2. The molecule has 0 amide bonds. The van der Waals surface area contributed by atoms with E-state index in [4.69, 9.17) is 32.5 Å². The van der Waals surface area contributed by atoms with Crippen LogP contribution >= 0.6 is 22.9 Å². The van der Waals surface area contributed by atoms with Crippen molar-refractivity contribution < 1.29 is 23.8 Å². The lowest BCUT2D eigenvalue weighted by atomic mass is 10.0. The number of hydrogen-bond acceptors (Lipinski definition) is 12. The Kier molecular flexibility index (Phi) is 13.8. The van der Waals surface area contributed by atoms with Gasteiger partial charge in [0.15, 0.2) is 5.82 Å². The fraction of sp³-hybridized carbons (Fsp3) is 0.292. The molecule has 1 saturated heterocycles. The number of rotatable bonds is 9. The number of carboxylic acid groups (broad SMARTS) is 1. The molecule has 0 spiro atoms. The maximum atomic E-state index is 14.1. The van der Waals surface area contributed by atoms with Gasteiger partial charge in [-0.1, -0.05) is 53.9 Å². The Balaban J connectivity index is 1.20. The largest absolute Gasteiger partial charge is 0.485 e. The van der Waals surface area contributed by atoms with Gasteiger partial charge >= 0.3 is 5.97 Å². The molecule has 8 rings (SSSR count). The third kappa shape index (κ3) is 10.6. The van der Waals surface area contributed by atoms with Crippen molar-refractivity contribution >= 4 is 39.1 Å². The number of nitrogens with zero attached hydrogens (tertiary/aromatic N) is 8. The van der Waals surface area contributed by atoms with Crippen molar-refractivity contribution in [3.05, 3.63) is 136 Å². The second-order valence-corrected chi connectivity index (χ2v) is 17.0. The van der Waals surface area contributed by atoms with E-state index in [2.05, 4.69) is 47.6 Å². The van der Waals surface area contributed by atoms with Crippen LogP contribution in [0.4, 0.5) is 4.39 Å². The molecular formula is C48H46ClFN8O4S. The van der Waals surface area contributed by atoms with Crippen molar-refractivity contribution in [2.24, 2.45) is 0 Å². The van der Waals surface area contributed by atoms with Crippen LogP contribution in [-0.4, -0.2) is 110 Å². The molecule has 2 bridgehead atoms. The van der Waals surface area contributed by atoms with Gasteiger partial charge in [-0.3, -0.25) is 14.8 Å². The van der Waals surface area contributed by atoms with Gasteiger partial charge in [-0.05, 0) is 84.1 Å². The highest BCUT2D eigenvalue weighted by atomic mass is 35.5. The molecule has 0 saturated carbocycles. The van der Waals surface area contributed by atoms with Gasteiger partial charge in [-0.2, -0.15) is 0 Å². The van der Waals surface area contributed by atoms with Crippen LogP contribution in [0.3, 0.4) is 0 Å². The number of pyridine rings is 1. The summed E-state index contributed by atoms with van der Waals surface area (Å²) in [4.78, 5) is 44.2. The van der Waals surface area contributed by atoms with Gasteiger partial charge in [-0.15, -0.1) is 17.8 Å². The Morgan fingerprint density at radius 1 is 1.03 bits per heavy atom. The molecule has 4 aromatic heterocycles. The molecule has 2 aromatic carbocycles. The SMILES string of the molecule is C#C/C(Cl)=C1\C=C/Cc2c(-c3ccc(F)cc3)sc3ncnc(c23)O[C@@H](C(=O)O)Cc2cc(ccc2OCc2nccc(-c3ccncc3C)n2)CN(CCN2CCN(C)CC2)C1. The highest BCUT2D eigenvalue weighted by Crippen LogP contribution is 2.42. The minimum absolute atomic E-state index is 0.0299. The molecule has 12 nitrogen and oxygen atoms in total. The van der Waals surface area contributed by atoms with Crippen molar-refractivity contribution in [2.75, 3.05) is 52.9 Å². The smallest absolute Gasteiger partial charge is 0.345 e. The first-order valence-electron chi connectivity index (χ1n) is 20.7. The van der Waals surface area contributed by atoms with Crippen LogP contribution in [0.1, 0.15) is 28.1 Å². The summed E-state index contributed by atoms with van der Waals surface area (Å²) in [6.45, 7) is 8.46. The average Bonchev–Trinajstić information content (AvgIpc) is 3.66. The molecule has 1 N–H and O–H groups in total. The summed E-state index contributed by atoms with van der Waals surface area (Å²) in [6.07, 6.45) is 15.4. The van der Waals surface area contributed by atoms with Gasteiger partial charge in [0.1, 0.15) is 29.3 Å². The Morgan fingerprint density at radius 2 is 1.84 bits per heavy atom. The fourth-order valence-electron chi connectivity index (χ4n) is 7.82. The van der Waals surface area contributed by atoms with E-state index in [-0.39, 0.29) is 24.7 Å². The third-order valence-corrected chi connectivity index (χ3v) is 12.8. The zero-order valence-corrected chi connectivity index (χ0v) is 36.6. The summed E-state index contributed by atoms with van der Waals surface area (Å²) >= 11 is 8.21. The lowest BCUT2D eigenvalue weighted by Crippen LogP contribution is -2.47. The minimum atomic E-state index is -1.36. The van der Waals surface area contributed by atoms with Gasteiger partial charge in [0.25, 0.3) is 0 Å². The van der Waals surface area contributed by atoms with Gasteiger partial charge in [0.05, 0.1) is 16.1 Å². The summed E-state index contributed by atoms with van der Waals surface area (Å²) in [5.41, 5.74) is 6.55. The van der Waals surface area contributed by atoms with Crippen LogP contribution in [-0.2, 0) is 30.8 Å². The number of likely N-dealkylation sites (N-methyl/N-ethyl adjacent to an activating group) is 1. The zero-order valence-electron chi connectivity index (χ0n) is 35.0. The molecule has 6 aromatic rings. The van der Waals surface area contributed by atoms with Gasteiger partial charge < -0.3 is 19.5 Å². The van der Waals surface area contributed by atoms with E-state index in [1.807, 2.05) is 49.4 Å². The molecule has 322 valence electrons. The van der Waals surface area contributed by atoms with Gasteiger partial charge in [0.2, 0.25) is 12.0 Å². The van der Waals surface area contributed by atoms with E-state index < -0.39 is 12.1 Å². The Morgan fingerprint density at radius 3 is 2.62 bits per heavy atom. The summed E-state index contributed by atoms with van der Waals surface area (Å²) in [5.74, 6) is 2.16. The molecular weight excluding hydrogens is 839 g/mol. The molecule has 2 aliphatic heterocycles. The number of aromatic nitrogens is 5. The van der Waals surface area contributed by atoms with Crippen LogP contribution in [0.15, 0.2) is 102 Å². The van der Waals surface area contributed by atoms with Crippen LogP contribution in [0, 0.1) is 25.1 Å². The number of benzene rings is 2. The molecule has 1 atom stereocenters. The quantitative estimate of drug-likeness (QED) is 0.144. The maximum Gasteiger partial charge on any atom is 0.345 e. The van der Waals surface area contributed by atoms with Crippen molar-refractivity contribution in [3.63, 3.8) is 0 Å². The monoisotopic (exact) mass is 884 g/mol. The van der Waals surface area contributed by atoms with E-state index in [0.29, 0.717) is 51.9 Å². The van der Waals surface area contributed by atoms with E-state index in [0.717, 1.165) is 83.2 Å². The number of piperazine rings is 1. The first kappa shape index (κ1) is 43.6. The number of hydrogen-bond donors (Lipinski definition) is 1. The lowest BCUT2D eigenvalue weighted by molar-refractivity contribution is -0.145. The predicted octanol–water partition coefficient (Wildman–Crippen LogP) is 7.60. The van der Waals surface area contributed by atoms with Crippen LogP contribution in [0.25, 0.3) is 31.9 Å². The third-order valence-electron chi connectivity index (χ3n) is 11.3. The number of terminal acetylenes is 1. The normalized spacial score (nSPS) is 18.0. The van der Waals surface area contributed by atoms with E-state index in [9.17, 15) is 14.3 Å². The first-order valence-corrected chi connectivity index (χ1v) is 21.9. The van der Waals surface area contributed by atoms with Crippen LogP contribution < -0.4 is 9.47 Å². The maximum absolute atomic E-state index is 14.1. The predicted molar refractivity (Wildman–Crippen MR) is 243 cm³/mol. The van der Waals surface area contributed by atoms with Gasteiger partial charge in [0, 0.05) is 87.8 Å². The molecule has 15 heteroatoms. The number of fused-ring (bicyclic) bond motifs is 2. The number of carbonyl (C=O) groups is 1. The standard InChI is InChI=1S/C48H46ClFN8O4S/c1-4-39(49)34-6-5-7-38-44-46(53-30-54-47(44)63-45(38)33-9-11-36(50)12-10-33)62-42(48(59)60)25-35-24-32(27-58(28-34)23-22-57-20-18-56(3)19-21-57)8-13-41(35)61-29-43-52-17-15-40(55-43)37-14-16-51-26-31(37)2/h1,5-6,8-17,24,26,30,42H,7,18-23,25,27-29H2,2-3H3,(H,59,60)/b6-5-,39-34-/t42-/m1/s1. The molecule has 0 unspecified atom stereocenters. The summed E-state index contributed by atoms with van der Waals surface area (Å²) in [7, 11) is 2.14. The van der Waals surface area contributed by atoms with Crippen LogP contribution in [0.5, 0.6) is 11.6 Å². The summed E-state index contributed by atoms with van der Waals surface area (Å²) < 4.78 is 27.0. The lowest BCUT2D eigenvalue weighted by Gasteiger charge is -2.34. The second-order valence-electron chi connectivity index (χ2n) is 15.6. The van der Waals surface area contributed by atoms with Crippen molar-refractivity contribution in [2.45, 2.75) is 39.0 Å². The molecule has 0 aliphatic carbocycles. The topological polar surface area (TPSA) is 130 Å². The highest BCUT2D eigenvalue weighted by molar-refractivity contribution is 7.22. The Hall–Kier alpha value is -6.08. The van der Waals surface area contributed by atoms with Gasteiger partial charge in [-0.25, -0.2) is 29.1 Å². The number of ether oxygens (including phenoxy) is 2. The van der Waals surface area contributed by atoms with E-state index >= 15 is 0 Å². The summed E-state index contributed by atoms with van der Waals surface area (Å²) in [6, 6.07) is 15.8. The Bertz CT molecular complexity index is 2710. The second kappa shape index (κ2) is 20.0. The number of thiophene rings is 1. The van der Waals surface area contributed by atoms with Crippen molar-refractivity contribution in [3.8, 4) is 45.7 Å². The molecule has 1 fully saturated rings.